The van der Waals surface area contributed by atoms with Gasteiger partial charge in [0, 0.05) is 30.2 Å². The Labute approximate surface area is 99.9 Å². The van der Waals surface area contributed by atoms with Crippen molar-refractivity contribution in [1.82, 2.24) is 25.1 Å². The third-order valence-electron chi connectivity index (χ3n) is 3.06. The van der Waals surface area contributed by atoms with Crippen LogP contribution in [0.1, 0.15) is 12.8 Å². The molecule has 88 valence electrons. The highest BCUT2D eigenvalue weighted by molar-refractivity contribution is 5.55. The van der Waals surface area contributed by atoms with Gasteiger partial charge in [-0.3, -0.25) is 14.6 Å². The molecular formula is C12H15N5. The zero-order valence-electron chi connectivity index (χ0n) is 9.58. The van der Waals surface area contributed by atoms with Gasteiger partial charge in [0.1, 0.15) is 0 Å². The van der Waals surface area contributed by atoms with Crippen molar-refractivity contribution in [2.24, 2.45) is 0 Å². The van der Waals surface area contributed by atoms with E-state index in [-0.39, 0.29) is 0 Å². The van der Waals surface area contributed by atoms with Crippen LogP contribution in [0.15, 0.2) is 31.0 Å². The van der Waals surface area contributed by atoms with E-state index in [1.807, 2.05) is 17.1 Å². The molecule has 0 bridgehead atoms. The van der Waals surface area contributed by atoms with Gasteiger partial charge in [-0.25, -0.2) is 0 Å². The SMILES string of the molecule is c1cnc(-c2cnn(CC3CCCN3)c2)cn1. The van der Waals surface area contributed by atoms with Gasteiger partial charge in [0.15, 0.2) is 0 Å². The van der Waals surface area contributed by atoms with E-state index >= 15 is 0 Å². The highest BCUT2D eigenvalue weighted by Crippen LogP contribution is 2.15. The van der Waals surface area contributed by atoms with Gasteiger partial charge in [-0.1, -0.05) is 0 Å². The quantitative estimate of drug-likeness (QED) is 0.856. The van der Waals surface area contributed by atoms with Crippen molar-refractivity contribution < 1.29 is 0 Å². The first-order chi connectivity index (χ1) is 8.42. The summed E-state index contributed by atoms with van der Waals surface area (Å²) < 4.78 is 1.98. The minimum atomic E-state index is 0.560. The molecule has 2 aromatic rings. The van der Waals surface area contributed by atoms with Gasteiger partial charge in [0.05, 0.1) is 24.6 Å². The van der Waals surface area contributed by atoms with Gasteiger partial charge in [-0.15, -0.1) is 0 Å². The number of hydrogen-bond donors (Lipinski definition) is 1. The molecule has 3 rings (SSSR count). The predicted octanol–water partition coefficient (Wildman–Crippen LogP) is 1.09. The maximum atomic E-state index is 4.36. The van der Waals surface area contributed by atoms with E-state index < -0.39 is 0 Å². The first kappa shape index (κ1) is 10.4. The number of nitrogens with one attached hydrogen (secondary N) is 1. The zero-order valence-corrected chi connectivity index (χ0v) is 9.58. The normalized spacial score (nSPS) is 19.6. The topological polar surface area (TPSA) is 55.6 Å². The Bertz CT molecular complexity index is 473. The molecule has 1 aliphatic rings. The highest BCUT2D eigenvalue weighted by Gasteiger charge is 2.15. The van der Waals surface area contributed by atoms with Crippen molar-refractivity contribution in [2.75, 3.05) is 6.54 Å². The molecule has 3 heterocycles. The van der Waals surface area contributed by atoms with E-state index in [0.29, 0.717) is 6.04 Å². The summed E-state index contributed by atoms with van der Waals surface area (Å²) in [5.74, 6) is 0. The molecule has 0 saturated carbocycles. The lowest BCUT2D eigenvalue weighted by molar-refractivity contribution is 0.476. The van der Waals surface area contributed by atoms with E-state index in [1.165, 1.54) is 12.8 Å². The van der Waals surface area contributed by atoms with Gasteiger partial charge in [0.25, 0.3) is 0 Å². The summed E-state index contributed by atoms with van der Waals surface area (Å²) in [4.78, 5) is 8.32. The third kappa shape index (κ3) is 2.34. The molecular weight excluding hydrogens is 214 g/mol. The molecule has 0 amide bonds. The van der Waals surface area contributed by atoms with Crippen LogP contribution in [-0.4, -0.2) is 32.3 Å². The van der Waals surface area contributed by atoms with Gasteiger partial charge in [-0.2, -0.15) is 5.10 Å². The molecule has 1 saturated heterocycles. The summed E-state index contributed by atoms with van der Waals surface area (Å²) in [5, 5.41) is 7.83. The molecule has 1 atom stereocenters. The summed E-state index contributed by atoms with van der Waals surface area (Å²) in [6, 6.07) is 0.560. The second-order valence-electron chi connectivity index (χ2n) is 4.33. The molecule has 0 spiro atoms. The highest BCUT2D eigenvalue weighted by atomic mass is 15.3. The Hall–Kier alpha value is -1.75. The number of hydrogen-bond acceptors (Lipinski definition) is 4. The second-order valence-corrected chi connectivity index (χ2v) is 4.33. The lowest BCUT2D eigenvalue weighted by Gasteiger charge is -2.09. The van der Waals surface area contributed by atoms with Crippen LogP contribution in [0.25, 0.3) is 11.3 Å². The molecule has 1 N–H and O–H groups in total. The fraction of sp³-hybridized carbons (Fsp3) is 0.417. The Morgan fingerprint density at radius 2 is 2.35 bits per heavy atom. The molecule has 5 nitrogen and oxygen atoms in total. The summed E-state index contributed by atoms with van der Waals surface area (Å²) >= 11 is 0. The van der Waals surface area contributed by atoms with Crippen LogP contribution < -0.4 is 5.32 Å². The minimum Gasteiger partial charge on any atom is -0.312 e. The first-order valence-corrected chi connectivity index (χ1v) is 5.94. The molecule has 1 unspecified atom stereocenters. The van der Waals surface area contributed by atoms with E-state index in [0.717, 1.165) is 24.3 Å². The van der Waals surface area contributed by atoms with Gasteiger partial charge in [0.2, 0.25) is 0 Å². The fourth-order valence-corrected chi connectivity index (χ4v) is 2.18. The van der Waals surface area contributed by atoms with Gasteiger partial charge >= 0.3 is 0 Å². The molecule has 0 aliphatic carbocycles. The second kappa shape index (κ2) is 4.63. The van der Waals surface area contributed by atoms with Crippen LogP contribution in [0, 0.1) is 0 Å². The molecule has 1 fully saturated rings. The molecule has 17 heavy (non-hydrogen) atoms. The lowest BCUT2D eigenvalue weighted by atomic mass is 10.2. The maximum absolute atomic E-state index is 4.36. The van der Waals surface area contributed by atoms with Crippen LogP contribution in [0.2, 0.25) is 0 Å². The van der Waals surface area contributed by atoms with E-state index in [4.69, 9.17) is 0 Å². The number of aromatic nitrogens is 4. The van der Waals surface area contributed by atoms with Crippen molar-refractivity contribution >= 4 is 0 Å². The van der Waals surface area contributed by atoms with E-state index in [9.17, 15) is 0 Å². The summed E-state index contributed by atoms with van der Waals surface area (Å²) in [7, 11) is 0. The summed E-state index contributed by atoms with van der Waals surface area (Å²) in [6.07, 6.45) is 11.5. The molecule has 2 aromatic heterocycles. The smallest absolute Gasteiger partial charge is 0.0916 e. The van der Waals surface area contributed by atoms with Gasteiger partial charge in [-0.05, 0) is 19.4 Å². The average molecular weight is 229 g/mol. The first-order valence-electron chi connectivity index (χ1n) is 5.94. The molecule has 5 heteroatoms. The standard InChI is InChI=1S/C12H15N5/c1-2-11(14-3-1)9-17-8-10(6-16-17)12-7-13-4-5-15-12/h4-8,11,14H,1-3,9H2. The summed E-state index contributed by atoms with van der Waals surface area (Å²) in [6.45, 7) is 2.06. The van der Waals surface area contributed by atoms with Crippen LogP contribution in [-0.2, 0) is 6.54 Å². The summed E-state index contributed by atoms with van der Waals surface area (Å²) in [5.41, 5.74) is 1.90. The number of rotatable bonds is 3. The van der Waals surface area contributed by atoms with Crippen LogP contribution in [0.4, 0.5) is 0 Å². The van der Waals surface area contributed by atoms with Crippen molar-refractivity contribution in [3.63, 3.8) is 0 Å². The predicted molar refractivity (Wildman–Crippen MR) is 64.3 cm³/mol. The zero-order chi connectivity index (χ0) is 11.5. The van der Waals surface area contributed by atoms with Crippen molar-refractivity contribution in [3.05, 3.63) is 31.0 Å². The van der Waals surface area contributed by atoms with E-state index in [1.54, 1.807) is 18.6 Å². The largest absolute Gasteiger partial charge is 0.312 e. The molecule has 0 aromatic carbocycles. The average Bonchev–Trinajstić information content (AvgIpc) is 3.02. The maximum Gasteiger partial charge on any atom is 0.0916 e. The number of nitrogens with zero attached hydrogens (tertiary/aromatic N) is 4. The third-order valence-corrected chi connectivity index (χ3v) is 3.06. The Balaban J connectivity index is 1.74. The van der Waals surface area contributed by atoms with Gasteiger partial charge < -0.3 is 5.32 Å². The lowest BCUT2D eigenvalue weighted by Crippen LogP contribution is -2.26. The van der Waals surface area contributed by atoms with Crippen LogP contribution >= 0.6 is 0 Å². The fourth-order valence-electron chi connectivity index (χ4n) is 2.18. The van der Waals surface area contributed by atoms with Crippen LogP contribution in [0.5, 0.6) is 0 Å². The van der Waals surface area contributed by atoms with Crippen molar-refractivity contribution in [1.29, 1.82) is 0 Å². The monoisotopic (exact) mass is 229 g/mol. The molecule has 0 radical (unpaired) electrons. The van der Waals surface area contributed by atoms with Crippen molar-refractivity contribution in [3.8, 4) is 11.3 Å². The Kier molecular flexibility index (Phi) is 2.83. The minimum absolute atomic E-state index is 0.560. The Morgan fingerprint density at radius 1 is 1.35 bits per heavy atom. The Morgan fingerprint density at radius 3 is 3.12 bits per heavy atom. The van der Waals surface area contributed by atoms with Crippen LogP contribution in [0.3, 0.4) is 0 Å². The molecule has 1 aliphatic heterocycles. The van der Waals surface area contributed by atoms with E-state index in [2.05, 4.69) is 20.4 Å². The van der Waals surface area contributed by atoms with Crippen molar-refractivity contribution in [2.45, 2.75) is 25.4 Å².